The van der Waals surface area contributed by atoms with Crippen LogP contribution in [-0.2, 0) is 9.59 Å². The molecule has 1 heterocycles. The highest BCUT2D eigenvalue weighted by Gasteiger charge is 2.41. The Morgan fingerprint density at radius 1 is 1.53 bits per heavy atom. The number of carbonyl (C=O) groups is 2. The van der Waals surface area contributed by atoms with Gasteiger partial charge in [0.05, 0.1) is 12.6 Å². The molecule has 0 saturated carbocycles. The van der Waals surface area contributed by atoms with Crippen LogP contribution in [0, 0.1) is 11.3 Å². The number of aliphatic carboxylic acids is 1. The molecule has 1 saturated heterocycles. The zero-order chi connectivity index (χ0) is 12.9. The van der Waals surface area contributed by atoms with Crippen molar-refractivity contribution in [3.63, 3.8) is 0 Å². The van der Waals surface area contributed by atoms with Crippen molar-refractivity contribution in [3.05, 3.63) is 0 Å². The summed E-state index contributed by atoms with van der Waals surface area (Å²) < 4.78 is 0. The molecule has 1 unspecified atom stereocenters. The second kappa shape index (κ2) is 5.64. The van der Waals surface area contributed by atoms with Crippen LogP contribution >= 0.6 is 0 Å². The molecule has 6 heteroatoms. The topological polar surface area (TPSA) is 93.4 Å². The van der Waals surface area contributed by atoms with E-state index in [1.807, 2.05) is 6.07 Å². The summed E-state index contributed by atoms with van der Waals surface area (Å²) in [5.74, 6) is -1.20. The van der Waals surface area contributed by atoms with E-state index in [0.717, 1.165) is 12.8 Å². The Balaban J connectivity index is 2.64. The summed E-state index contributed by atoms with van der Waals surface area (Å²) in [6, 6.07) is 1.81. The van der Waals surface area contributed by atoms with Crippen LogP contribution < -0.4 is 5.32 Å². The molecule has 0 aromatic rings. The van der Waals surface area contributed by atoms with E-state index in [0.29, 0.717) is 13.0 Å². The summed E-state index contributed by atoms with van der Waals surface area (Å²) in [5.41, 5.74) is -0.970. The molecule has 0 aromatic carbocycles. The smallest absolute Gasteiger partial charge is 0.323 e. The summed E-state index contributed by atoms with van der Waals surface area (Å²) >= 11 is 0. The van der Waals surface area contributed by atoms with Crippen LogP contribution in [0.1, 0.15) is 26.2 Å². The third-order valence-corrected chi connectivity index (χ3v) is 3.20. The van der Waals surface area contributed by atoms with Gasteiger partial charge in [0.15, 0.2) is 0 Å². The number of carboxylic acids is 1. The van der Waals surface area contributed by atoms with Gasteiger partial charge in [-0.2, -0.15) is 5.26 Å². The lowest BCUT2D eigenvalue weighted by molar-refractivity contribution is -0.153. The number of rotatable bonds is 4. The number of likely N-dealkylation sites (tertiary alicyclic amines) is 1. The van der Waals surface area contributed by atoms with E-state index < -0.39 is 11.5 Å². The number of hydrogen-bond acceptors (Lipinski definition) is 4. The van der Waals surface area contributed by atoms with Gasteiger partial charge in [-0.05, 0) is 32.7 Å². The van der Waals surface area contributed by atoms with Crippen LogP contribution in [0.4, 0.5) is 0 Å². The summed E-state index contributed by atoms with van der Waals surface area (Å²) in [6.45, 7) is 2.23. The van der Waals surface area contributed by atoms with Crippen molar-refractivity contribution < 1.29 is 14.7 Å². The van der Waals surface area contributed by atoms with Crippen LogP contribution in [0.2, 0.25) is 0 Å². The minimum Gasteiger partial charge on any atom is -0.480 e. The van der Waals surface area contributed by atoms with Crippen molar-refractivity contribution in [1.29, 1.82) is 5.26 Å². The third kappa shape index (κ3) is 3.17. The van der Waals surface area contributed by atoms with Gasteiger partial charge >= 0.3 is 5.97 Å². The first-order valence-electron chi connectivity index (χ1n) is 5.63. The Morgan fingerprint density at radius 2 is 2.24 bits per heavy atom. The number of nitrogens with one attached hydrogen (secondary N) is 1. The second-order valence-corrected chi connectivity index (χ2v) is 4.39. The molecule has 1 aliphatic rings. The fourth-order valence-corrected chi connectivity index (χ4v) is 2.04. The molecule has 1 aliphatic heterocycles. The first-order valence-corrected chi connectivity index (χ1v) is 5.63. The lowest BCUT2D eigenvalue weighted by Gasteiger charge is -2.41. The highest BCUT2D eigenvalue weighted by atomic mass is 16.4. The predicted octanol–water partition coefficient (Wildman–Crippen LogP) is -0.0446. The Hall–Kier alpha value is -1.61. The molecular formula is C11H17N3O3. The lowest BCUT2D eigenvalue weighted by Crippen LogP contribution is -2.57. The van der Waals surface area contributed by atoms with Crippen molar-refractivity contribution >= 4 is 11.9 Å². The standard InChI is InChI=1S/C11H17N3O3/c1-11(10(16)17)4-2-3-7-14(11)8-9(15)13-6-5-12/h2-4,6-8H2,1H3,(H,13,15)(H,16,17). The zero-order valence-electron chi connectivity index (χ0n) is 9.90. The molecule has 94 valence electrons. The lowest BCUT2D eigenvalue weighted by atomic mass is 9.88. The van der Waals surface area contributed by atoms with Crippen molar-refractivity contribution in [1.82, 2.24) is 10.2 Å². The number of carbonyl (C=O) groups excluding carboxylic acids is 1. The molecular weight excluding hydrogens is 222 g/mol. The molecule has 1 fully saturated rings. The van der Waals surface area contributed by atoms with Crippen molar-refractivity contribution in [2.45, 2.75) is 31.7 Å². The maximum atomic E-state index is 11.5. The third-order valence-electron chi connectivity index (χ3n) is 3.20. The quantitative estimate of drug-likeness (QED) is 0.671. The molecule has 6 nitrogen and oxygen atoms in total. The van der Waals surface area contributed by atoms with Gasteiger partial charge in [0.25, 0.3) is 0 Å². The van der Waals surface area contributed by atoms with Gasteiger partial charge in [-0.1, -0.05) is 0 Å². The number of hydrogen-bond donors (Lipinski definition) is 2. The Labute approximate surface area is 100 Å². The number of carboxylic acid groups (broad SMARTS) is 1. The maximum absolute atomic E-state index is 11.5. The maximum Gasteiger partial charge on any atom is 0.323 e. The molecule has 0 spiro atoms. The van der Waals surface area contributed by atoms with Crippen LogP contribution in [0.15, 0.2) is 0 Å². The molecule has 17 heavy (non-hydrogen) atoms. The van der Waals surface area contributed by atoms with E-state index in [1.165, 1.54) is 0 Å². The van der Waals surface area contributed by atoms with Gasteiger partial charge in [-0.15, -0.1) is 0 Å². The van der Waals surface area contributed by atoms with Crippen LogP contribution in [0.3, 0.4) is 0 Å². The SMILES string of the molecule is CC1(C(=O)O)CCCCN1CC(=O)NCC#N. The number of nitrogens with zero attached hydrogens (tertiary/aromatic N) is 2. The molecule has 2 N–H and O–H groups in total. The van der Waals surface area contributed by atoms with E-state index in [4.69, 9.17) is 5.26 Å². The largest absolute Gasteiger partial charge is 0.480 e. The summed E-state index contributed by atoms with van der Waals surface area (Å²) in [4.78, 5) is 24.4. The van der Waals surface area contributed by atoms with Gasteiger partial charge in [0.1, 0.15) is 12.1 Å². The summed E-state index contributed by atoms with van der Waals surface area (Å²) in [7, 11) is 0. The molecule has 1 amide bonds. The highest BCUT2D eigenvalue weighted by Crippen LogP contribution is 2.27. The Bertz CT molecular complexity index is 350. The van der Waals surface area contributed by atoms with Gasteiger partial charge in [0.2, 0.25) is 5.91 Å². The van der Waals surface area contributed by atoms with Crippen molar-refractivity contribution in [2.24, 2.45) is 0 Å². The zero-order valence-corrected chi connectivity index (χ0v) is 9.90. The molecule has 1 atom stereocenters. The Morgan fingerprint density at radius 3 is 2.82 bits per heavy atom. The first kappa shape index (κ1) is 13.5. The predicted molar refractivity (Wildman–Crippen MR) is 60.1 cm³/mol. The molecule has 0 radical (unpaired) electrons. The molecule has 0 bridgehead atoms. The fraction of sp³-hybridized carbons (Fsp3) is 0.727. The van der Waals surface area contributed by atoms with E-state index in [-0.39, 0.29) is 19.0 Å². The van der Waals surface area contributed by atoms with Gasteiger partial charge in [-0.3, -0.25) is 14.5 Å². The fourth-order valence-electron chi connectivity index (χ4n) is 2.04. The van der Waals surface area contributed by atoms with Crippen molar-refractivity contribution in [3.8, 4) is 6.07 Å². The van der Waals surface area contributed by atoms with Crippen LogP contribution in [0.5, 0.6) is 0 Å². The average molecular weight is 239 g/mol. The number of piperidine rings is 1. The van der Waals surface area contributed by atoms with E-state index in [1.54, 1.807) is 11.8 Å². The minimum atomic E-state index is -0.970. The molecule has 0 aliphatic carbocycles. The average Bonchev–Trinajstić information content (AvgIpc) is 2.29. The normalized spacial score (nSPS) is 24.9. The molecule has 0 aromatic heterocycles. The van der Waals surface area contributed by atoms with Crippen molar-refractivity contribution in [2.75, 3.05) is 19.6 Å². The van der Waals surface area contributed by atoms with E-state index in [9.17, 15) is 14.7 Å². The monoisotopic (exact) mass is 239 g/mol. The first-order chi connectivity index (χ1) is 8.00. The molecule has 1 rings (SSSR count). The van der Waals surface area contributed by atoms with E-state index >= 15 is 0 Å². The number of nitriles is 1. The van der Waals surface area contributed by atoms with Crippen LogP contribution in [0.25, 0.3) is 0 Å². The second-order valence-electron chi connectivity index (χ2n) is 4.39. The van der Waals surface area contributed by atoms with Gasteiger partial charge < -0.3 is 10.4 Å². The minimum absolute atomic E-state index is 0.0322. The number of amides is 1. The summed E-state index contributed by atoms with van der Waals surface area (Å²) in [6.07, 6.45) is 2.31. The Kier molecular flexibility index (Phi) is 4.46. The van der Waals surface area contributed by atoms with Crippen LogP contribution in [-0.4, -0.2) is 47.1 Å². The summed E-state index contributed by atoms with van der Waals surface area (Å²) in [5, 5.41) is 20.0. The van der Waals surface area contributed by atoms with Gasteiger partial charge in [0, 0.05) is 0 Å². The van der Waals surface area contributed by atoms with Gasteiger partial charge in [-0.25, -0.2) is 0 Å². The highest BCUT2D eigenvalue weighted by molar-refractivity contribution is 5.82. The van der Waals surface area contributed by atoms with E-state index in [2.05, 4.69) is 5.32 Å².